The van der Waals surface area contributed by atoms with Crippen LogP contribution in [0.25, 0.3) is 0 Å². The van der Waals surface area contributed by atoms with E-state index in [4.69, 9.17) is 4.74 Å². The lowest BCUT2D eigenvalue weighted by atomic mass is 9.51. The summed E-state index contributed by atoms with van der Waals surface area (Å²) in [7, 11) is 0. The minimum Gasteiger partial charge on any atom is -0.396 e. The molecule has 4 unspecified atom stereocenters. The first kappa shape index (κ1) is 12.9. The van der Waals surface area contributed by atoms with E-state index in [9.17, 15) is 5.11 Å². The molecule has 0 saturated heterocycles. The highest BCUT2D eigenvalue weighted by atomic mass is 16.5. The van der Waals surface area contributed by atoms with Crippen molar-refractivity contribution in [1.82, 2.24) is 5.32 Å². The van der Waals surface area contributed by atoms with Crippen molar-refractivity contribution < 1.29 is 9.84 Å². The lowest BCUT2D eigenvalue weighted by Gasteiger charge is -2.62. The van der Waals surface area contributed by atoms with Crippen molar-refractivity contribution in [3.63, 3.8) is 0 Å². The summed E-state index contributed by atoms with van der Waals surface area (Å²) in [6.45, 7) is 3.31. The molecule has 4 atom stereocenters. The molecule has 3 aliphatic carbocycles. The van der Waals surface area contributed by atoms with Gasteiger partial charge in [-0.25, -0.2) is 0 Å². The molecule has 0 aromatic carbocycles. The fourth-order valence-corrected chi connectivity index (χ4v) is 4.41. The molecule has 0 radical (unpaired) electrons. The largest absolute Gasteiger partial charge is 0.396 e. The molecule has 3 saturated carbocycles. The molecule has 0 amide bonds. The van der Waals surface area contributed by atoms with Crippen LogP contribution in [0.15, 0.2) is 0 Å². The Labute approximate surface area is 110 Å². The van der Waals surface area contributed by atoms with Crippen molar-refractivity contribution in [3.05, 3.63) is 0 Å². The Balaban J connectivity index is 1.57. The summed E-state index contributed by atoms with van der Waals surface area (Å²) in [6.07, 6.45) is 9.45. The topological polar surface area (TPSA) is 41.5 Å². The molecule has 0 aliphatic heterocycles. The molecule has 18 heavy (non-hydrogen) atoms. The van der Waals surface area contributed by atoms with Crippen LogP contribution in [-0.4, -0.2) is 36.5 Å². The number of hydrogen-bond donors (Lipinski definition) is 2. The average Bonchev–Trinajstić information content (AvgIpc) is 2.72. The smallest absolute Gasteiger partial charge is 0.0661 e. The van der Waals surface area contributed by atoms with Gasteiger partial charge in [0.2, 0.25) is 0 Å². The molecule has 0 bridgehead atoms. The molecule has 3 rings (SSSR count). The van der Waals surface area contributed by atoms with Gasteiger partial charge in [-0.05, 0) is 44.9 Å². The fourth-order valence-electron chi connectivity index (χ4n) is 4.41. The Morgan fingerprint density at radius 2 is 2.11 bits per heavy atom. The van der Waals surface area contributed by atoms with E-state index in [0.29, 0.717) is 36.1 Å². The van der Waals surface area contributed by atoms with E-state index in [1.807, 2.05) is 0 Å². The lowest BCUT2D eigenvalue weighted by Crippen LogP contribution is -2.68. The van der Waals surface area contributed by atoms with Crippen LogP contribution in [0.1, 0.15) is 51.9 Å². The van der Waals surface area contributed by atoms with Gasteiger partial charge in [-0.3, -0.25) is 0 Å². The van der Waals surface area contributed by atoms with E-state index in [-0.39, 0.29) is 0 Å². The number of aliphatic hydroxyl groups is 1. The standard InChI is InChI=1S/C15H27NO2/c1-2-18-14-9-13(15(14)7-4-8-15)16-12-6-3-5-11(12)10-17/h11-14,16-17H,2-10H2,1H3. The maximum atomic E-state index is 9.41. The second kappa shape index (κ2) is 5.10. The third kappa shape index (κ3) is 1.91. The highest BCUT2D eigenvalue weighted by Gasteiger charge is 2.59. The van der Waals surface area contributed by atoms with Crippen LogP contribution in [0.4, 0.5) is 0 Å². The number of nitrogens with one attached hydrogen (secondary N) is 1. The van der Waals surface area contributed by atoms with Gasteiger partial charge in [-0.1, -0.05) is 12.8 Å². The molecule has 2 N–H and O–H groups in total. The first-order valence-electron chi connectivity index (χ1n) is 7.78. The minimum atomic E-state index is 0.353. The van der Waals surface area contributed by atoms with Gasteiger partial charge in [0, 0.05) is 30.7 Å². The molecular formula is C15H27NO2. The highest BCUT2D eigenvalue weighted by molar-refractivity contribution is 5.13. The van der Waals surface area contributed by atoms with Crippen molar-refractivity contribution in [1.29, 1.82) is 0 Å². The minimum absolute atomic E-state index is 0.353. The molecule has 3 heteroatoms. The van der Waals surface area contributed by atoms with Crippen molar-refractivity contribution in [2.45, 2.75) is 70.1 Å². The molecule has 0 aromatic heterocycles. The molecule has 3 nitrogen and oxygen atoms in total. The van der Waals surface area contributed by atoms with Crippen molar-refractivity contribution in [3.8, 4) is 0 Å². The zero-order chi connectivity index (χ0) is 12.6. The third-order valence-corrected chi connectivity index (χ3v) is 5.75. The van der Waals surface area contributed by atoms with Crippen LogP contribution < -0.4 is 5.32 Å². The zero-order valence-corrected chi connectivity index (χ0v) is 11.5. The van der Waals surface area contributed by atoms with E-state index in [1.54, 1.807) is 0 Å². The van der Waals surface area contributed by atoms with Gasteiger partial charge < -0.3 is 15.2 Å². The molecule has 3 fully saturated rings. The Kier molecular flexibility index (Phi) is 3.65. The van der Waals surface area contributed by atoms with E-state index in [2.05, 4.69) is 12.2 Å². The predicted octanol–water partition coefficient (Wildman–Crippen LogP) is 2.08. The van der Waals surface area contributed by atoms with Crippen LogP contribution in [0.5, 0.6) is 0 Å². The fraction of sp³-hybridized carbons (Fsp3) is 1.00. The predicted molar refractivity (Wildman–Crippen MR) is 71.5 cm³/mol. The second-order valence-electron chi connectivity index (χ2n) is 6.47. The van der Waals surface area contributed by atoms with Gasteiger partial charge in [-0.2, -0.15) is 0 Å². The summed E-state index contributed by atoms with van der Waals surface area (Å²) in [5.41, 5.74) is 0.457. The second-order valence-corrected chi connectivity index (χ2v) is 6.47. The van der Waals surface area contributed by atoms with Gasteiger partial charge in [0.05, 0.1) is 6.10 Å². The molecular weight excluding hydrogens is 226 g/mol. The van der Waals surface area contributed by atoms with E-state index in [0.717, 1.165) is 6.61 Å². The summed E-state index contributed by atoms with van der Waals surface area (Å²) in [5.74, 6) is 0.494. The van der Waals surface area contributed by atoms with Gasteiger partial charge >= 0.3 is 0 Å². The number of hydrogen-bond acceptors (Lipinski definition) is 3. The zero-order valence-electron chi connectivity index (χ0n) is 11.5. The number of aliphatic hydroxyl groups excluding tert-OH is 1. The molecule has 1 spiro atoms. The SMILES string of the molecule is CCOC1CC(NC2CCCC2CO)C12CCC2. The Bertz CT molecular complexity index is 290. The summed E-state index contributed by atoms with van der Waals surface area (Å²) >= 11 is 0. The summed E-state index contributed by atoms with van der Waals surface area (Å²) in [6, 6.07) is 1.21. The van der Waals surface area contributed by atoms with Gasteiger partial charge in [0.25, 0.3) is 0 Å². The van der Waals surface area contributed by atoms with Crippen LogP contribution in [-0.2, 0) is 4.74 Å². The van der Waals surface area contributed by atoms with Crippen LogP contribution in [0, 0.1) is 11.3 Å². The van der Waals surface area contributed by atoms with Crippen LogP contribution in [0.3, 0.4) is 0 Å². The summed E-state index contributed by atoms with van der Waals surface area (Å²) in [4.78, 5) is 0. The maximum Gasteiger partial charge on any atom is 0.0661 e. The van der Waals surface area contributed by atoms with Crippen molar-refractivity contribution >= 4 is 0 Å². The van der Waals surface area contributed by atoms with Gasteiger partial charge in [0.15, 0.2) is 0 Å². The maximum absolute atomic E-state index is 9.41. The Hall–Kier alpha value is -0.120. The number of rotatable bonds is 5. The van der Waals surface area contributed by atoms with E-state index in [1.165, 1.54) is 44.9 Å². The van der Waals surface area contributed by atoms with Crippen LogP contribution >= 0.6 is 0 Å². The normalized spacial score (nSPS) is 41.7. The Morgan fingerprint density at radius 3 is 2.72 bits per heavy atom. The summed E-state index contributed by atoms with van der Waals surface area (Å²) in [5, 5.41) is 13.3. The van der Waals surface area contributed by atoms with Gasteiger partial charge in [0.1, 0.15) is 0 Å². The quantitative estimate of drug-likeness (QED) is 0.788. The van der Waals surface area contributed by atoms with Crippen molar-refractivity contribution in [2.24, 2.45) is 11.3 Å². The van der Waals surface area contributed by atoms with E-state index < -0.39 is 0 Å². The molecule has 0 aromatic rings. The molecule has 104 valence electrons. The Morgan fingerprint density at radius 1 is 1.28 bits per heavy atom. The van der Waals surface area contributed by atoms with Crippen molar-refractivity contribution in [2.75, 3.05) is 13.2 Å². The highest BCUT2D eigenvalue weighted by Crippen LogP contribution is 2.57. The third-order valence-electron chi connectivity index (χ3n) is 5.75. The van der Waals surface area contributed by atoms with E-state index >= 15 is 0 Å². The average molecular weight is 253 g/mol. The van der Waals surface area contributed by atoms with Gasteiger partial charge in [-0.15, -0.1) is 0 Å². The monoisotopic (exact) mass is 253 g/mol. The summed E-state index contributed by atoms with van der Waals surface area (Å²) < 4.78 is 5.89. The molecule has 0 heterocycles. The number of ether oxygens (including phenoxy) is 1. The lowest BCUT2D eigenvalue weighted by molar-refractivity contribution is -0.175. The molecule has 3 aliphatic rings. The first-order chi connectivity index (χ1) is 8.80. The van der Waals surface area contributed by atoms with Crippen LogP contribution in [0.2, 0.25) is 0 Å². The first-order valence-corrected chi connectivity index (χ1v) is 7.78.